The van der Waals surface area contributed by atoms with Crippen LogP contribution in [0.4, 0.5) is 5.69 Å². The molecule has 0 aliphatic rings. The molecule has 0 saturated heterocycles. The molecule has 120 valence electrons. The summed E-state index contributed by atoms with van der Waals surface area (Å²) in [5.74, 6) is -0.278. The third kappa shape index (κ3) is 3.72. The van der Waals surface area contributed by atoms with Gasteiger partial charge in [0, 0.05) is 17.2 Å². The van der Waals surface area contributed by atoms with Crippen LogP contribution in [0.1, 0.15) is 22.8 Å². The zero-order valence-corrected chi connectivity index (χ0v) is 13.2. The van der Waals surface area contributed by atoms with Crippen LogP contribution in [0.15, 0.2) is 47.4 Å². The summed E-state index contributed by atoms with van der Waals surface area (Å²) in [5, 5.41) is 10.9. The fourth-order valence-electron chi connectivity index (χ4n) is 1.88. The van der Waals surface area contributed by atoms with Gasteiger partial charge in [0.25, 0.3) is 5.69 Å². The fraction of sp³-hybridized carbons (Fsp3) is 0.133. The molecule has 0 heterocycles. The Labute approximate surface area is 132 Å². The molecule has 2 rings (SSSR count). The molecule has 2 aromatic rings. The molecule has 0 spiro atoms. The Morgan fingerprint density at radius 3 is 2.48 bits per heavy atom. The lowest BCUT2D eigenvalue weighted by Gasteiger charge is -2.08. The largest absolute Gasteiger partial charge is 0.379 e. The number of rotatable bonds is 5. The van der Waals surface area contributed by atoms with Gasteiger partial charge in [-0.3, -0.25) is 14.9 Å². The van der Waals surface area contributed by atoms with E-state index in [1.165, 1.54) is 50.2 Å². The molecule has 2 aromatic carbocycles. The van der Waals surface area contributed by atoms with Crippen LogP contribution in [0.25, 0.3) is 0 Å². The summed E-state index contributed by atoms with van der Waals surface area (Å²) in [6.45, 7) is 2.85. The van der Waals surface area contributed by atoms with Gasteiger partial charge < -0.3 is 4.18 Å². The van der Waals surface area contributed by atoms with Crippen molar-refractivity contribution >= 4 is 21.6 Å². The molecular formula is C15H13NO6S. The standard InChI is InChI=1S/C15H13NO6S/c1-10-6-7-14(9-15(10)16(18)19)23(20,21)22-13-5-3-4-12(8-13)11(2)17/h3-9H,1-2H3. The summed E-state index contributed by atoms with van der Waals surface area (Å²) >= 11 is 0. The Hall–Kier alpha value is -2.74. The second-order valence-electron chi connectivity index (χ2n) is 4.83. The van der Waals surface area contributed by atoms with Gasteiger partial charge in [0.15, 0.2) is 5.78 Å². The van der Waals surface area contributed by atoms with Crippen molar-refractivity contribution in [2.75, 3.05) is 0 Å². The van der Waals surface area contributed by atoms with Crippen molar-refractivity contribution in [1.82, 2.24) is 0 Å². The third-order valence-electron chi connectivity index (χ3n) is 3.11. The SMILES string of the molecule is CC(=O)c1cccc(OS(=O)(=O)c2ccc(C)c([N+](=O)[O-])c2)c1. The predicted octanol–water partition coefficient (Wildman–Crippen LogP) is 2.87. The second kappa shape index (κ2) is 6.17. The number of benzene rings is 2. The Bertz CT molecular complexity index is 889. The highest BCUT2D eigenvalue weighted by Crippen LogP contribution is 2.25. The number of ketones is 1. The van der Waals surface area contributed by atoms with Gasteiger partial charge in [-0.15, -0.1) is 0 Å². The summed E-state index contributed by atoms with van der Waals surface area (Å²) in [6.07, 6.45) is 0. The lowest BCUT2D eigenvalue weighted by atomic mass is 10.1. The van der Waals surface area contributed by atoms with Gasteiger partial charge in [-0.25, -0.2) is 0 Å². The summed E-state index contributed by atoms with van der Waals surface area (Å²) in [5.41, 5.74) is 0.326. The number of nitro benzene ring substituents is 1. The molecule has 0 saturated carbocycles. The van der Waals surface area contributed by atoms with Crippen molar-refractivity contribution in [3.63, 3.8) is 0 Å². The maximum absolute atomic E-state index is 12.2. The van der Waals surface area contributed by atoms with Gasteiger partial charge in [0.05, 0.1) is 4.92 Å². The second-order valence-corrected chi connectivity index (χ2v) is 6.37. The molecule has 7 nitrogen and oxygen atoms in total. The first-order chi connectivity index (χ1) is 10.7. The average molecular weight is 335 g/mol. The maximum Gasteiger partial charge on any atom is 0.339 e. The monoisotopic (exact) mass is 335 g/mol. The molecular weight excluding hydrogens is 322 g/mol. The van der Waals surface area contributed by atoms with Crippen LogP contribution in [0.5, 0.6) is 5.75 Å². The zero-order valence-electron chi connectivity index (χ0n) is 12.3. The molecule has 0 bridgehead atoms. The minimum Gasteiger partial charge on any atom is -0.379 e. The van der Waals surface area contributed by atoms with E-state index in [9.17, 15) is 23.3 Å². The number of hydrogen-bond donors (Lipinski definition) is 0. The van der Waals surface area contributed by atoms with Crippen molar-refractivity contribution < 1.29 is 22.3 Å². The van der Waals surface area contributed by atoms with Crippen LogP contribution in [-0.2, 0) is 10.1 Å². The van der Waals surface area contributed by atoms with E-state index >= 15 is 0 Å². The molecule has 8 heteroatoms. The Morgan fingerprint density at radius 1 is 1.17 bits per heavy atom. The first kappa shape index (κ1) is 16.6. The van der Waals surface area contributed by atoms with E-state index in [0.717, 1.165) is 6.07 Å². The maximum atomic E-state index is 12.2. The number of aryl methyl sites for hydroxylation is 1. The minimum absolute atomic E-state index is 0.0408. The molecule has 0 amide bonds. The number of Topliss-reactive ketones (excluding diaryl/α,β-unsaturated/α-hetero) is 1. The molecule has 0 unspecified atom stereocenters. The predicted molar refractivity (Wildman–Crippen MR) is 82.1 cm³/mol. The van der Waals surface area contributed by atoms with Crippen molar-refractivity contribution in [3.8, 4) is 5.75 Å². The van der Waals surface area contributed by atoms with Crippen molar-refractivity contribution in [2.24, 2.45) is 0 Å². The smallest absolute Gasteiger partial charge is 0.339 e. The van der Waals surface area contributed by atoms with Gasteiger partial charge in [0.2, 0.25) is 0 Å². The van der Waals surface area contributed by atoms with E-state index in [-0.39, 0.29) is 22.1 Å². The summed E-state index contributed by atoms with van der Waals surface area (Å²) < 4.78 is 29.4. The van der Waals surface area contributed by atoms with Gasteiger partial charge in [-0.05, 0) is 32.0 Å². The van der Waals surface area contributed by atoms with Crippen molar-refractivity contribution in [1.29, 1.82) is 0 Å². The first-order valence-electron chi connectivity index (χ1n) is 6.51. The van der Waals surface area contributed by atoms with E-state index in [4.69, 9.17) is 4.18 Å². The quantitative estimate of drug-likeness (QED) is 0.360. The van der Waals surface area contributed by atoms with E-state index in [0.29, 0.717) is 11.1 Å². The minimum atomic E-state index is -4.24. The van der Waals surface area contributed by atoms with E-state index in [2.05, 4.69) is 0 Å². The number of hydrogen-bond acceptors (Lipinski definition) is 6. The van der Waals surface area contributed by atoms with Gasteiger partial charge in [-0.1, -0.05) is 18.2 Å². The fourth-order valence-corrected chi connectivity index (χ4v) is 2.83. The highest BCUT2D eigenvalue weighted by Gasteiger charge is 2.22. The van der Waals surface area contributed by atoms with Crippen molar-refractivity contribution in [3.05, 3.63) is 63.7 Å². The van der Waals surface area contributed by atoms with E-state index in [1.54, 1.807) is 0 Å². The highest BCUT2D eigenvalue weighted by molar-refractivity contribution is 7.87. The normalized spacial score (nSPS) is 11.0. The van der Waals surface area contributed by atoms with Gasteiger partial charge >= 0.3 is 10.1 Å². The number of carbonyl (C=O) groups excluding carboxylic acids is 1. The summed E-state index contributed by atoms with van der Waals surface area (Å²) in [6, 6.07) is 9.19. The van der Waals surface area contributed by atoms with Crippen LogP contribution in [0.3, 0.4) is 0 Å². The number of nitrogens with zero attached hydrogens (tertiary/aromatic N) is 1. The number of nitro groups is 1. The molecule has 23 heavy (non-hydrogen) atoms. The lowest BCUT2D eigenvalue weighted by Crippen LogP contribution is -2.10. The van der Waals surface area contributed by atoms with Gasteiger partial charge in [0.1, 0.15) is 10.6 Å². The first-order valence-corrected chi connectivity index (χ1v) is 7.92. The summed E-state index contributed by atoms with van der Waals surface area (Å²) in [4.78, 5) is 21.2. The highest BCUT2D eigenvalue weighted by atomic mass is 32.2. The molecule has 0 N–H and O–H groups in total. The molecule has 0 aliphatic heterocycles. The molecule has 0 aliphatic carbocycles. The third-order valence-corrected chi connectivity index (χ3v) is 4.36. The molecule has 0 atom stereocenters. The van der Waals surface area contributed by atoms with Crippen molar-refractivity contribution in [2.45, 2.75) is 18.7 Å². The average Bonchev–Trinajstić information content (AvgIpc) is 2.46. The van der Waals surface area contributed by atoms with Crippen LogP contribution in [0.2, 0.25) is 0 Å². The zero-order chi connectivity index (χ0) is 17.2. The lowest BCUT2D eigenvalue weighted by molar-refractivity contribution is -0.385. The topological polar surface area (TPSA) is 104 Å². The van der Waals surface area contributed by atoms with Crippen LogP contribution < -0.4 is 4.18 Å². The Morgan fingerprint density at radius 2 is 1.87 bits per heavy atom. The van der Waals surface area contributed by atoms with Crippen LogP contribution in [0, 0.1) is 17.0 Å². The van der Waals surface area contributed by atoms with Crippen LogP contribution in [-0.4, -0.2) is 19.1 Å². The Kier molecular flexibility index (Phi) is 4.46. The molecule has 0 radical (unpaired) electrons. The molecule has 0 aromatic heterocycles. The van der Waals surface area contributed by atoms with Gasteiger partial charge in [-0.2, -0.15) is 8.42 Å². The van der Waals surface area contributed by atoms with Crippen LogP contribution >= 0.6 is 0 Å². The Balaban J connectivity index is 2.40. The molecule has 0 fully saturated rings. The van der Waals surface area contributed by atoms with E-state index < -0.39 is 15.0 Å². The number of carbonyl (C=O) groups is 1. The van der Waals surface area contributed by atoms with E-state index in [1.807, 2.05) is 0 Å². The summed E-state index contributed by atoms with van der Waals surface area (Å²) in [7, 11) is -4.24.